The number of nitro groups is 1. The van der Waals surface area contributed by atoms with Crippen LogP contribution in [0.1, 0.15) is 11.1 Å². The molecule has 0 aliphatic rings. The van der Waals surface area contributed by atoms with E-state index in [0.29, 0.717) is 12.2 Å². The Morgan fingerprint density at radius 3 is 2.75 bits per heavy atom. The van der Waals surface area contributed by atoms with Gasteiger partial charge in [0.1, 0.15) is 6.07 Å². The third-order valence-corrected chi connectivity index (χ3v) is 3.47. The van der Waals surface area contributed by atoms with Crippen LogP contribution in [0.2, 0.25) is 0 Å². The van der Waals surface area contributed by atoms with E-state index in [1.165, 1.54) is 18.2 Å². The third-order valence-electron chi connectivity index (χ3n) is 3.47. The fourth-order valence-electron chi connectivity index (χ4n) is 2.26. The zero-order valence-corrected chi connectivity index (χ0v) is 12.6. The standard InChI is InChI=1S/C17H13N5O2/c18-9-14-8-16(22(23)24)6-7-17(14)19-10-13-11-20-21(12-13)15-4-2-1-3-5-15/h1-8,11-12,19H,10H2. The molecular weight excluding hydrogens is 306 g/mol. The maximum Gasteiger partial charge on any atom is 0.270 e. The van der Waals surface area contributed by atoms with Crippen molar-refractivity contribution in [3.8, 4) is 11.8 Å². The molecule has 3 aromatic rings. The van der Waals surface area contributed by atoms with Gasteiger partial charge in [-0.1, -0.05) is 18.2 Å². The van der Waals surface area contributed by atoms with Crippen LogP contribution >= 0.6 is 0 Å². The molecule has 0 aliphatic heterocycles. The van der Waals surface area contributed by atoms with Crippen LogP contribution in [0.15, 0.2) is 60.9 Å². The first-order valence-electron chi connectivity index (χ1n) is 7.19. The average molecular weight is 319 g/mol. The highest BCUT2D eigenvalue weighted by atomic mass is 16.6. The van der Waals surface area contributed by atoms with Gasteiger partial charge in [0.25, 0.3) is 5.69 Å². The molecule has 0 spiro atoms. The molecule has 1 N–H and O–H groups in total. The lowest BCUT2D eigenvalue weighted by Gasteiger charge is -2.06. The average Bonchev–Trinajstić information content (AvgIpc) is 3.09. The second-order valence-electron chi connectivity index (χ2n) is 5.08. The van der Waals surface area contributed by atoms with Gasteiger partial charge in [0, 0.05) is 30.4 Å². The van der Waals surface area contributed by atoms with E-state index < -0.39 is 4.92 Å². The largest absolute Gasteiger partial charge is 0.380 e. The first-order valence-corrected chi connectivity index (χ1v) is 7.19. The quantitative estimate of drug-likeness (QED) is 0.575. The SMILES string of the molecule is N#Cc1cc([N+](=O)[O-])ccc1NCc1cnn(-c2ccccc2)c1. The normalized spacial score (nSPS) is 10.1. The maximum atomic E-state index is 10.8. The van der Waals surface area contributed by atoms with Crippen LogP contribution in [0.4, 0.5) is 11.4 Å². The van der Waals surface area contributed by atoms with Crippen LogP contribution in [-0.2, 0) is 6.54 Å². The molecule has 0 aliphatic carbocycles. The zero-order valence-electron chi connectivity index (χ0n) is 12.6. The Labute approximate surface area is 137 Å². The minimum Gasteiger partial charge on any atom is -0.380 e. The first-order chi connectivity index (χ1) is 11.7. The molecule has 3 rings (SSSR count). The van der Waals surface area contributed by atoms with E-state index in [1.54, 1.807) is 10.9 Å². The van der Waals surface area contributed by atoms with Crippen molar-refractivity contribution >= 4 is 11.4 Å². The van der Waals surface area contributed by atoms with Crippen molar-refractivity contribution in [2.75, 3.05) is 5.32 Å². The lowest BCUT2D eigenvalue weighted by molar-refractivity contribution is -0.384. The molecule has 1 heterocycles. The van der Waals surface area contributed by atoms with Gasteiger partial charge < -0.3 is 5.32 Å². The molecule has 2 aromatic carbocycles. The van der Waals surface area contributed by atoms with Gasteiger partial charge in [-0.05, 0) is 18.2 Å². The number of nitro benzene ring substituents is 1. The molecule has 0 radical (unpaired) electrons. The van der Waals surface area contributed by atoms with Crippen LogP contribution in [0, 0.1) is 21.4 Å². The number of non-ortho nitro benzene ring substituents is 1. The Balaban J connectivity index is 1.74. The first kappa shape index (κ1) is 15.2. The summed E-state index contributed by atoms with van der Waals surface area (Å²) in [6, 6.07) is 15.9. The zero-order chi connectivity index (χ0) is 16.9. The molecule has 0 amide bonds. The van der Waals surface area contributed by atoms with E-state index in [9.17, 15) is 10.1 Å². The van der Waals surface area contributed by atoms with Crippen LogP contribution in [0.3, 0.4) is 0 Å². The molecular formula is C17H13N5O2. The van der Waals surface area contributed by atoms with Gasteiger partial charge in [-0.15, -0.1) is 0 Å². The van der Waals surface area contributed by atoms with Gasteiger partial charge in [0.05, 0.1) is 28.1 Å². The Morgan fingerprint density at radius 2 is 2.04 bits per heavy atom. The summed E-state index contributed by atoms with van der Waals surface area (Å²) < 4.78 is 1.76. The molecule has 0 atom stereocenters. The summed E-state index contributed by atoms with van der Waals surface area (Å²) in [6.07, 6.45) is 3.62. The van der Waals surface area contributed by atoms with Crippen LogP contribution in [0.5, 0.6) is 0 Å². The number of nitrogens with zero attached hydrogens (tertiary/aromatic N) is 4. The summed E-state index contributed by atoms with van der Waals surface area (Å²) in [4.78, 5) is 10.2. The highest BCUT2D eigenvalue weighted by Gasteiger charge is 2.10. The number of hydrogen-bond donors (Lipinski definition) is 1. The summed E-state index contributed by atoms with van der Waals surface area (Å²) >= 11 is 0. The summed E-state index contributed by atoms with van der Waals surface area (Å²) in [7, 11) is 0. The number of nitriles is 1. The Morgan fingerprint density at radius 1 is 1.25 bits per heavy atom. The van der Waals surface area contributed by atoms with E-state index in [2.05, 4.69) is 10.4 Å². The van der Waals surface area contributed by atoms with E-state index in [1.807, 2.05) is 42.6 Å². The lowest BCUT2D eigenvalue weighted by atomic mass is 10.1. The minimum absolute atomic E-state index is 0.103. The molecule has 0 saturated carbocycles. The van der Waals surface area contributed by atoms with Crippen LogP contribution in [0.25, 0.3) is 5.69 Å². The van der Waals surface area contributed by atoms with Crippen molar-refractivity contribution in [3.63, 3.8) is 0 Å². The molecule has 1 aromatic heterocycles. The Bertz CT molecular complexity index is 912. The van der Waals surface area contributed by atoms with Crippen molar-refractivity contribution in [2.45, 2.75) is 6.54 Å². The number of nitrogens with one attached hydrogen (secondary N) is 1. The molecule has 24 heavy (non-hydrogen) atoms. The fourth-order valence-corrected chi connectivity index (χ4v) is 2.26. The highest BCUT2D eigenvalue weighted by molar-refractivity contribution is 5.61. The Hall–Kier alpha value is -3.66. The van der Waals surface area contributed by atoms with Gasteiger partial charge >= 0.3 is 0 Å². The third kappa shape index (κ3) is 3.23. The summed E-state index contributed by atoms with van der Waals surface area (Å²) in [5.41, 5.74) is 2.57. The van der Waals surface area contributed by atoms with Crippen LogP contribution < -0.4 is 5.32 Å². The molecule has 118 valence electrons. The Kier molecular flexibility index (Phi) is 4.21. The van der Waals surface area contributed by atoms with Gasteiger partial charge in [0.15, 0.2) is 0 Å². The van der Waals surface area contributed by atoms with E-state index in [4.69, 9.17) is 5.26 Å². The van der Waals surface area contributed by atoms with Gasteiger partial charge in [0.2, 0.25) is 0 Å². The molecule has 0 unspecified atom stereocenters. The molecule has 0 saturated heterocycles. The van der Waals surface area contributed by atoms with Crippen molar-refractivity contribution in [3.05, 3.63) is 82.2 Å². The number of para-hydroxylation sites is 1. The minimum atomic E-state index is -0.519. The molecule has 0 bridgehead atoms. The van der Waals surface area contributed by atoms with E-state index in [0.717, 1.165) is 11.3 Å². The number of hydrogen-bond acceptors (Lipinski definition) is 5. The monoisotopic (exact) mass is 319 g/mol. The van der Waals surface area contributed by atoms with Crippen molar-refractivity contribution < 1.29 is 4.92 Å². The van der Waals surface area contributed by atoms with Gasteiger partial charge in [-0.3, -0.25) is 10.1 Å². The predicted molar refractivity (Wildman–Crippen MR) is 88.7 cm³/mol. The predicted octanol–water partition coefficient (Wildman–Crippen LogP) is 3.26. The summed E-state index contributed by atoms with van der Waals surface area (Å²) in [5, 5.41) is 27.3. The molecule has 7 nitrogen and oxygen atoms in total. The smallest absolute Gasteiger partial charge is 0.270 e. The number of benzene rings is 2. The number of rotatable bonds is 5. The second kappa shape index (κ2) is 6.62. The van der Waals surface area contributed by atoms with Crippen molar-refractivity contribution in [1.29, 1.82) is 5.26 Å². The van der Waals surface area contributed by atoms with Crippen molar-refractivity contribution in [1.82, 2.24) is 9.78 Å². The maximum absolute atomic E-state index is 10.8. The van der Waals surface area contributed by atoms with Gasteiger partial charge in [-0.2, -0.15) is 10.4 Å². The second-order valence-corrected chi connectivity index (χ2v) is 5.08. The summed E-state index contributed by atoms with van der Waals surface area (Å²) in [6.45, 7) is 0.458. The van der Waals surface area contributed by atoms with E-state index in [-0.39, 0.29) is 11.3 Å². The topological polar surface area (TPSA) is 96.8 Å². The van der Waals surface area contributed by atoms with Gasteiger partial charge in [-0.25, -0.2) is 4.68 Å². The molecule has 0 fully saturated rings. The number of anilines is 1. The van der Waals surface area contributed by atoms with Crippen LogP contribution in [-0.4, -0.2) is 14.7 Å². The number of aromatic nitrogens is 2. The lowest BCUT2D eigenvalue weighted by Crippen LogP contribution is -2.01. The molecule has 7 heteroatoms. The van der Waals surface area contributed by atoms with E-state index >= 15 is 0 Å². The summed E-state index contributed by atoms with van der Waals surface area (Å²) in [5.74, 6) is 0. The highest BCUT2D eigenvalue weighted by Crippen LogP contribution is 2.22. The van der Waals surface area contributed by atoms with Crippen molar-refractivity contribution in [2.24, 2.45) is 0 Å². The fraction of sp³-hybridized carbons (Fsp3) is 0.0588.